The third-order valence-electron chi connectivity index (χ3n) is 2.29. The summed E-state index contributed by atoms with van der Waals surface area (Å²) in [6.07, 6.45) is -0.202. The van der Waals surface area contributed by atoms with Crippen LogP contribution in [0.1, 0.15) is 27.8 Å². The van der Waals surface area contributed by atoms with E-state index in [0.29, 0.717) is 9.21 Å². The second-order valence-electron chi connectivity index (χ2n) is 3.64. The lowest BCUT2D eigenvalue weighted by molar-refractivity contribution is -0.137. The fourth-order valence-electron chi connectivity index (χ4n) is 1.47. The van der Waals surface area contributed by atoms with Crippen molar-refractivity contribution in [3.05, 3.63) is 37.9 Å². The average molecular weight is 317 g/mol. The number of thiophene rings is 1. The molecule has 0 aliphatic heterocycles. The summed E-state index contributed by atoms with van der Waals surface area (Å²) in [5, 5.41) is 13.2. The minimum Gasteiger partial charge on any atom is -0.481 e. The van der Waals surface area contributed by atoms with Crippen molar-refractivity contribution in [2.45, 2.75) is 12.5 Å². The number of amides is 1. The molecule has 0 saturated carbocycles. The molecule has 0 unspecified atom stereocenters. The lowest BCUT2D eigenvalue weighted by atomic mass is 10.1. The lowest BCUT2D eigenvalue weighted by Gasteiger charge is -2.14. The van der Waals surface area contributed by atoms with Crippen LogP contribution in [-0.2, 0) is 4.79 Å². The Morgan fingerprint density at radius 2 is 2.26 bits per heavy atom. The van der Waals surface area contributed by atoms with E-state index in [1.807, 2.05) is 0 Å². The molecule has 0 bridgehead atoms. The summed E-state index contributed by atoms with van der Waals surface area (Å²) in [6.45, 7) is 0. The van der Waals surface area contributed by atoms with Crippen molar-refractivity contribution in [1.82, 2.24) is 10.3 Å². The molecule has 0 aliphatic rings. The van der Waals surface area contributed by atoms with Crippen LogP contribution in [0.15, 0.2) is 23.0 Å². The first-order chi connectivity index (χ1) is 9.06. The Bertz CT molecular complexity index is 583. The van der Waals surface area contributed by atoms with Crippen molar-refractivity contribution in [2.75, 3.05) is 0 Å². The number of thiazole rings is 1. The number of aromatic nitrogens is 1. The Morgan fingerprint density at radius 1 is 1.47 bits per heavy atom. The number of rotatable bonds is 5. The van der Waals surface area contributed by atoms with Crippen LogP contribution in [0.2, 0.25) is 4.34 Å². The minimum atomic E-state index is -0.992. The van der Waals surface area contributed by atoms with Gasteiger partial charge in [0.05, 0.1) is 22.3 Å². The molecule has 2 heterocycles. The molecule has 0 spiro atoms. The van der Waals surface area contributed by atoms with Gasteiger partial charge in [-0.25, -0.2) is 4.98 Å². The first kappa shape index (κ1) is 14.0. The van der Waals surface area contributed by atoms with Gasteiger partial charge in [-0.05, 0) is 12.1 Å². The average Bonchev–Trinajstić information content (AvgIpc) is 2.97. The molecular formula is C11H9ClN2O3S2. The van der Waals surface area contributed by atoms with Gasteiger partial charge in [-0.2, -0.15) is 0 Å². The SMILES string of the molecule is O=C(O)C[C@@H](NC(=O)c1cscn1)c1ccc(Cl)s1. The van der Waals surface area contributed by atoms with E-state index in [-0.39, 0.29) is 12.1 Å². The Kier molecular flexibility index (Phi) is 4.52. The Morgan fingerprint density at radius 3 is 2.79 bits per heavy atom. The first-order valence-corrected chi connectivity index (χ1v) is 7.36. The van der Waals surface area contributed by atoms with Gasteiger partial charge >= 0.3 is 5.97 Å². The monoisotopic (exact) mass is 316 g/mol. The molecule has 0 fully saturated rings. The van der Waals surface area contributed by atoms with Crippen molar-refractivity contribution in [2.24, 2.45) is 0 Å². The standard InChI is InChI=1S/C11H9ClN2O3S2/c12-9-2-1-8(19-9)6(3-10(15)16)14-11(17)7-4-18-5-13-7/h1-2,4-6H,3H2,(H,14,17)(H,15,16)/t6-/m1/s1. The van der Waals surface area contributed by atoms with E-state index in [1.165, 1.54) is 22.7 Å². The molecule has 5 nitrogen and oxygen atoms in total. The molecule has 0 saturated heterocycles. The predicted molar refractivity (Wildman–Crippen MR) is 73.9 cm³/mol. The van der Waals surface area contributed by atoms with Crippen LogP contribution >= 0.6 is 34.3 Å². The van der Waals surface area contributed by atoms with Crippen LogP contribution in [0.4, 0.5) is 0 Å². The Hall–Kier alpha value is -1.44. The van der Waals surface area contributed by atoms with Gasteiger partial charge in [-0.15, -0.1) is 22.7 Å². The number of hydrogen-bond acceptors (Lipinski definition) is 5. The molecule has 100 valence electrons. The quantitative estimate of drug-likeness (QED) is 0.889. The third-order valence-corrected chi connectivity index (χ3v) is 4.22. The molecule has 1 atom stereocenters. The van der Waals surface area contributed by atoms with Crippen LogP contribution in [-0.4, -0.2) is 22.0 Å². The summed E-state index contributed by atoms with van der Waals surface area (Å²) < 4.78 is 0.549. The highest BCUT2D eigenvalue weighted by Crippen LogP contribution is 2.29. The normalized spacial score (nSPS) is 12.1. The molecule has 0 radical (unpaired) electrons. The molecule has 2 N–H and O–H groups in total. The van der Waals surface area contributed by atoms with Gasteiger partial charge in [0.2, 0.25) is 0 Å². The van der Waals surface area contributed by atoms with E-state index in [2.05, 4.69) is 10.3 Å². The summed E-state index contributed by atoms with van der Waals surface area (Å²) >= 11 is 8.37. The number of carbonyl (C=O) groups excluding carboxylic acids is 1. The predicted octanol–water partition coefficient (Wildman–Crippen LogP) is 2.80. The van der Waals surface area contributed by atoms with Crippen LogP contribution in [0, 0.1) is 0 Å². The molecule has 0 aliphatic carbocycles. The second-order valence-corrected chi connectivity index (χ2v) is 6.10. The smallest absolute Gasteiger partial charge is 0.305 e. The molecule has 0 aromatic carbocycles. The molecule has 2 rings (SSSR count). The number of nitrogens with zero attached hydrogens (tertiary/aromatic N) is 1. The maximum atomic E-state index is 11.9. The number of carboxylic acid groups (broad SMARTS) is 1. The topological polar surface area (TPSA) is 79.3 Å². The molecule has 2 aromatic rings. The van der Waals surface area contributed by atoms with Crippen molar-refractivity contribution >= 4 is 46.2 Å². The molecule has 19 heavy (non-hydrogen) atoms. The largest absolute Gasteiger partial charge is 0.481 e. The summed E-state index contributed by atoms with van der Waals surface area (Å²) in [6, 6.07) is 2.78. The number of halogens is 1. The zero-order valence-electron chi connectivity index (χ0n) is 9.50. The second kappa shape index (κ2) is 6.14. The number of hydrogen-bond donors (Lipinski definition) is 2. The number of carbonyl (C=O) groups is 2. The molecule has 1 amide bonds. The number of aliphatic carboxylic acids is 1. The summed E-state index contributed by atoms with van der Waals surface area (Å²) in [5.41, 5.74) is 1.83. The summed E-state index contributed by atoms with van der Waals surface area (Å²) in [7, 11) is 0. The summed E-state index contributed by atoms with van der Waals surface area (Å²) in [5.74, 6) is -1.38. The van der Waals surface area contributed by atoms with E-state index in [1.54, 1.807) is 23.0 Å². The van der Waals surface area contributed by atoms with E-state index in [4.69, 9.17) is 16.7 Å². The number of nitrogens with one attached hydrogen (secondary N) is 1. The zero-order chi connectivity index (χ0) is 13.8. The van der Waals surface area contributed by atoms with Gasteiger partial charge in [-0.3, -0.25) is 9.59 Å². The maximum Gasteiger partial charge on any atom is 0.305 e. The third kappa shape index (κ3) is 3.76. The fraction of sp³-hybridized carbons (Fsp3) is 0.182. The highest BCUT2D eigenvalue weighted by Gasteiger charge is 2.21. The van der Waals surface area contributed by atoms with Gasteiger partial charge in [0.15, 0.2) is 0 Å². The van der Waals surface area contributed by atoms with Crippen molar-refractivity contribution in [1.29, 1.82) is 0 Å². The van der Waals surface area contributed by atoms with Crippen molar-refractivity contribution in [3.8, 4) is 0 Å². The Balaban J connectivity index is 2.14. The minimum absolute atomic E-state index is 0.202. The van der Waals surface area contributed by atoms with Gasteiger partial charge in [0.25, 0.3) is 5.91 Å². The van der Waals surface area contributed by atoms with Gasteiger partial charge < -0.3 is 10.4 Å². The van der Waals surface area contributed by atoms with Crippen LogP contribution < -0.4 is 5.32 Å². The summed E-state index contributed by atoms with van der Waals surface area (Å²) in [4.78, 5) is 27.3. The zero-order valence-corrected chi connectivity index (χ0v) is 11.9. The number of carboxylic acids is 1. The van der Waals surface area contributed by atoms with Gasteiger partial charge in [0.1, 0.15) is 5.69 Å². The van der Waals surface area contributed by atoms with E-state index in [9.17, 15) is 9.59 Å². The van der Waals surface area contributed by atoms with E-state index < -0.39 is 17.9 Å². The van der Waals surface area contributed by atoms with E-state index >= 15 is 0 Å². The highest BCUT2D eigenvalue weighted by molar-refractivity contribution is 7.16. The van der Waals surface area contributed by atoms with Crippen molar-refractivity contribution in [3.63, 3.8) is 0 Å². The van der Waals surface area contributed by atoms with Crippen LogP contribution in [0.5, 0.6) is 0 Å². The van der Waals surface area contributed by atoms with Gasteiger partial charge in [0, 0.05) is 10.3 Å². The van der Waals surface area contributed by atoms with Crippen LogP contribution in [0.3, 0.4) is 0 Å². The van der Waals surface area contributed by atoms with Gasteiger partial charge in [-0.1, -0.05) is 11.6 Å². The molecule has 8 heteroatoms. The Labute approximate surface area is 121 Å². The van der Waals surface area contributed by atoms with E-state index in [0.717, 1.165) is 0 Å². The highest BCUT2D eigenvalue weighted by atomic mass is 35.5. The molecular weight excluding hydrogens is 308 g/mol. The van der Waals surface area contributed by atoms with Crippen molar-refractivity contribution < 1.29 is 14.7 Å². The molecule has 2 aromatic heterocycles. The lowest BCUT2D eigenvalue weighted by Crippen LogP contribution is -2.29. The first-order valence-electron chi connectivity index (χ1n) is 5.22. The maximum absolute atomic E-state index is 11.9. The fourth-order valence-corrected chi connectivity index (χ4v) is 3.11. The van der Waals surface area contributed by atoms with Crippen LogP contribution in [0.25, 0.3) is 0 Å².